The Bertz CT molecular complexity index is 727. The van der Waals surface area contributed by atoms with Crippen LogP contribution in [-0.2, 0) is 6.54 Å². The number of hydrogen-bond donors (Lipinski definition) is 0. The van der Waals surface area contributed by atoms with Crippen molar-refractivity contribution in [2.75, 3.05) is 0 Å². The Hall–Kier alpha value is -2.47. The van der Waals surface area contributed by atoms with Gasteiger partial charge in [-0.1, -0.05) is 0 Å². The molecule has 0 atom stereocenters. The van der Waals surface area contributed by atoms with E-state index in [2.05, 4.69) is 0 Å². The fourth-order valence-corrected chi connectivity index (χ4v) is 2.07. The maximum atomic E-state index is 12.5. The summed E-state index contributed by atoms with van der Waals surface area (Å²) in [6.07, 6.45) is -4.34. The lowest BCUT2D eigenvalue weighted by Gasteiger charge is -2.11. The fourth-order valence-electron chi connectivity index (χ4n) is 2.07. The average Bonchev–Trinajstić information content (AvgIpc) is 2.63. The number of benzene rings is 1. The molecule has 0 radical (unpaired) electrons. The molecule has 0 aliphatic carbocycles. The first-order valence-corrected chi connectivity index (χ1v) is 5.37. The summed E-state index contributed by atoms with van der Waals surface area (Å²) >= 11 is 0. The highest BCUT2D eigenvalue weighted by Gasteiger charge is 2.29. The van der Waals surface area contributed by atoms with Crippen molar-refractivity contribution in [3.05, 3.63) is 35.0 Å². The van der Waals surface area contributed by atoms with Crippen molar-refractivity contribution < 1.29 is 13.2 Å². The molecule has 1 aromatic heterocycles. The van der Waals surface area contributed by atoms with Crippen molar-refractivity contribution in [1.29, 1.82) is 10.5 Å². The SMILES string of the molecule is Cc1cc2c(C#N)c(C#N)ccc2n1CC(F)(F)F. The number of rotatable bonds is 1. The van der Waals surface area contributed by atoms with E-state index in [9.17, 15) is 13.2 Å². The molecule has 1 aromatic carbocycles. The topological polar surface area (TPSA) is 52.5 Å². The second kappa shape index (κ2) is 4.33. The van der Waals surface area contributed by atoms with Gasteiger partial charge >= 0.3 is 6.18 Å². The Labute approximate surface area is 107 Å². The summed E-state index contributed by atoms with van der Waals surface area (Å²) in [5.41, 5.74) is 0.993. The number of aryl methyl sites for hydroxylation is 1. The van der Waals surface area contributed by atoms with E-state index in [0.29, 0.717) is 16.6 Å². The van der Waals surface area contributed by atoms with Gasteiger partial charge in [-0.15, -0.1) is 0 Å². The van der Waals surface area contributed by atoms with E-state index in [4.69, 9.17) is 10.5 Å². The smallest absolute Gasteiger partial charge is 0.336 e. The zero-order valence-corrected chi connectivity index (χ0v) is 9.91. The summed E-state index contributed by atoms with van der Waals surface area (Å²) in [5.74, 6) is 0. The molecule has 0 spiro atoms. The molecule has 19 heavy (non-hydrogen) atoms. The number of aromatic nitrogens is 1. The second-order valence-corrected chi connectivity index (χ2v) is 4.13. The molecule has 0 saturated carbocycles. The van der Waals surface area contributed by atoms with E-state index < -0.39 is 12.7 Å². The third-order valence-corrected chi connectivity index (χ3v) is 2.86. The number of nitriles is 2. The third kappa shape index (κ3) is 2.25. The Morgan fingerprint density at radius 3 is 2.42 bits per heavy atom. The Balaban J connectivity index is 2.74. The van der Waals surface area contributed by atoms with Crippen LogP contribution in [0.3, 0.4) is 0 Å². The predicted molar refractivity (Wildman–Crippen MR) is 62.2 cm³/mol. The molecule has 0 fully saturated rings. The maximum Gasteiger partial charge on any atom is 0.406 e. The molecule has 0 bridgehead atoms. The first kappa shape index (κ1) is 13.0. The zero-order chi connectivity index (χ0) is 14.2. The van der Waals surface area contributed by atoms with Crippen LogP contribution < -0.4 is 0 Å². The molecule has 1 heterocycles. The van der Waals surface area contributed by atoms with Gasteiger partial charge in [-0.05, 0) is 25.1 Å². The lowest BCUT2D eigenvalue weighted by atomic mass is 10.1. The standard InChI is InChI=1S/C13H8F3N3/c1-8-4-10-11(6-18)9(5-17)2-3-12(10)19(8)7-13(14,15)16/h2-4H,7H2,1H3. The van der Waals surface area contributed by atoms with E-state index >= 15 is 0 Å². The van der Waals surface area contributed by atoms with Gasteiger partial charge in [0, 0.05) is 16.6 Å². The summed E-state index contributed by atoms with van der Waals surface area (Å²) in [7, 11) is 0. The van der Waals surface area contributed by atoms with Gasteiger partial charge in [0.25, 0.3) is 0 Å². The van der Waals surface area contributed by atoms with E-state index in [1.807, 2.05) is 12.1 Å². The van der Waals surface area contributed by atoms with Gasteiger partial charge in [-0.25, -0.2) is 0 Å². The van der Waals surface area contributed by atoms with Crippen LogP contribution in [0.25, 0.3) is 10.9 Å². The monoisotopic (exact) mass is 263 g/mol. The predicted octanol–water partition coefficient (Wildman–Crippen LogP) is 3.26. The van der Waals surface area contributed by atoms with Crippen molar-refractivity contribution >= 4 is 10.9 Å². The number of alkyl halides is 3. The van der Waals surface area contributed by atoms with E-state index in [-0.39, 0.29) is 11.1 Å². The Kier molecular flexibility index (Phi) is 2.95. The molecule has 96 valence electrons. The number of fused-ring (bicyclic) bond motifs is 1. The molecule has 6 heteroatoms. The van der Waals surface area contributed by atoms with Gasteiger partial charge in [0.1, 0.15) is 18.7 Å². The largest absolute Gasteiger partial charge is 0.406 e. The Morgan fingerprint density at radius 2 is 1.89 bits per heavy atom. The van der Waals surface area contributed by atoms with Crippen molar-refractivity contribution in [2.45, 2.75) is 19.6 Å². The summed E-state index contributed by atoms with van der Waals surface area (Å²) in [4.78, 5) is 0. The quantitative estimate of drug-likeness (QED) is 0.792. The van der Waals surface area contributed by atoms with E-state index in [0.717, 1.165) is 4.57 Å². The van der Waals surface area contributed by atoms with Crippen molar-refractivity contribution in [3.8, 4) is 12.1 Å². The van der Waals surface area contributed by atoms with Gasteiger partial charge in [-0.2, -0.15) is 23.7 Å². The fraction of sp³-hybridized carbons (Fsp3) is 0.231. The van der Waals surface area contributed by atoms with Crippen molar-refractivity contribution in [2.24, 2.45) is 0 Å². The van der Waals surface area contributed by atoms with Crippen LogP contribution in [0.15, 0.2) is 18.2 Å². The molecular formula is C13H8F3N3. The van der Waals surface area contributed by atoms with E-state index in [1.54, 1.807) is 6.92 Å². The second-order valence-electron chi connectivity index (χ2n) is 4.13. The number of halogens is 3. The number of hydrogen-bond acceptors (Lipinski definition) is 2. The third-order valence-electron chi connectivity index (χ3n) is 2.86. The van der Waals surface area contributed by atoms with Crippen LogP contribution in [0.1, 0.15) is 16.8 Å². The molecule has 2 rings (SSSR count). The van der Waals surface area contributed by atoms with Crippen LogP contribution in [0, 0.1) is 29.6 Å². The van der Waals surface area contributed by atoms with Crippen LogP contribution in [0.4, 0.5) is 13.2 Å². The molecule has 0 aliphatic rings. The molecule has 0 N–H and O–H groups in total. The normalized spacial score (nSPS) is 11.3. The van der Waals surface area contributed by atoms with Crippen LogP contribution >= 0.6 is 0 Å². The summed E-state index contributed by atoms with van der Waals surface area (Å²) in [6.45, 7) is 0.429. The number of nitrogens with zero attached hydrogens (tertiary/aromatic N) is 3. The molecule has 3 nitrogen and oxygen atoms in total. The minimum atomic E-state index is -4.34. The van der Waals surface area contributed by atoms with Crippen molar-refractivity contribution in [3.63, 3.8) is 0 Å². The van der Waals surface area contributed by atoms with Gasteiger partial charge in [0.2, 0.25) is 0 Å². The van der Waals surface area contributed by atoms with Gasteiger partial charge in [0.05, 0.1) is 11.1 Å². The first-order valence-electron chi connectivity index (χ1n) is 5.37. The molecular weight excluding hydrogens is 255 g/mol. The van der Waals surface area contributed by atoms with Crippen LogP contribution in [-0.4, -0.2) is 10.7 Å². The average molecular weight is 263 g/mol. The molecule has 0 aliphatic heterocycles. The highest BCUT2D eigenvalue weighted by atomic mass is 19.4. The highest BCUT2D eigenvalue weighted by Crippen LogP contribution is 2.28. The minimum absolute atomic E-state index is 0.115. The molecule has 0 unspecified atom stereocenters. The van der Waals surface area contributed by atoms with Crippen molar-refractivity contribution in [1.82, 2.24) is 4.57 Å². The van der Waals surface area contributed by atoms with Gasteiger partial charge in [-0.3, -0.25) is 0 Å². The highest BCUT2D eigenvalue weighted by molar-refractivity contribution is 5.89. The lowest BCUT2D eigenvalue weighted by Crippen LogP contribution is -2.18. The molecule has 2 aromatic rings. The van der Waals surface area contributed by atoms with Crippen LogP contribution in [0.5, 0.6) is 0 Å². The summed E-state index contributed by atoms with van der Waals surface area (Å²) in [6, 6.07) is 8.04. The summed E-state index contributed by atoms with van der Waals surface area (Å²) in [5, 5.41) is 18.3. The Morgan fingerprint density at radius 1 is 1.21 bits per heavy atom. The summed E-state index contributed by atoms with van der Waals surface area (Å²) < 4.78 is 38.6. The maximum absolute atomic E-state index is 12.5. The first-order chi connectivity index (χ1) is 8.87. The van der Waals surface area contributed by atoms with Gasteiger partial charge < -0.3 is 4.57 Å². The van der Waals surface area contributed by atoms with Gasteiger partial charge in [0.15, 0.2) is 0 Å². The molecule has 0 saturated heterocycles. The molecule has 0 amide bonds. The lowest BCUT2D eigenvalue weighted by molar-refractivity contribution is -0.140. The van der Waals surface area contributed by atoms with Crippen LogP contribution in [0.2, 0.25) is 0 Å². The minimum Gasteiger partial charge on any atom is -0.336 e. The zero-order valence-electron chi connectivity index (χ0n) is 9.91. The van der Waals surface area contributed by atoms with E-state index in [1.165, 1.54) is 18.2 Å².